The Balaban J connectivity index is 2.22. The van der Waals surface area contributed by atoms with Crippen LogP contribution in [0.2, 0.25) is 0 Å². The molecule has 120 valence electrons. The number of sulfonamides is 1. The van der Waals surface area contributed by atoms with Gasteiger partial charge < -0.3 is 0 Å². The van der Waals surface area contributed by atoms with Crippen LogP contribution in [-0.4, -0.2) is 23.2 Å². The van der Waals surface area contributed by atoms with Crippen molar-refractivity contribution in [2.24, 2.45) is 12.2 Å². The maximum atomic E-state index is 11.4. The third kappa shape index (κ3) is 2.78. The van der Waals surface area contributed by atoms with Gasteiger partial charge in [-0.1, -0.05) is 12.1 Å². The van der Waals surface area contributed by atoms with Crippen LogP contribution in [0.5, 0.6) is 0 Å². The molecule has 2 N–H and O–H groups in total. The molecule has 0 aliphatic heterocycles. The van der Waals surface area contributed by atoms with E-state index in [4.69, 9.17) is 5.14 Å². The number of nitrogens with two attached hydrogens (primary N) is 1. The first-order valence-corrected chi connectivity index (χ1v) is 8.47. The smallest absolute Gasteiger partial charge is 0.238 e. The number of nitrogens with zero attached hydrogens (tertiary/aromatic N) is 4. The molecular formula is C16H13N5O2S. The molecular weight excluding hydrogens is 326 g/mol. The molecule has 2 aromatic heterocycles. The zero-order chi connectivity index (χ0) is 17.3. The lowest BCUT2D eigenvalue weighted by Gasteiger charge is -2.05. The van der Waals surface area contributed by atoms with Gasteiger partial charge >= 0.3 is 0 Å². The molecule has 2 heterocycles. The third-order valence-corrected chi connectivity index (χ3v) is 4.51. The Morgan fingerprint density at radius 3 is 2.25 bits per heavy atom. The van der Waals surface area contributed by atoms with Crippen LogP contribution in [0.1, 0.15) is 5.69 Å². The number of pyridine rings is 1. The average molecular weight is 339 g/mol. The lowest BCUT2D eigenvalue weighted by molar-refractivity contribution is 0.598. The Morgan fingerprint density at radius 2 is 1.71 bits per heavy atom. The lowest BCUT2D eigenvalue weighted by Crippen LogP contribution is -2.11. The molecule has 0 saturated heterocycles. The van der Waals surface area contributed by atoms with E-state index in [2.05, 4.69) is 16.2 Å². The van der Waals surface area contributed by atoms with Gasteiger partial charge in [-0.3, -0.25) is 9.67 Å². The van der Waals surface area contributed by atoms with Crippen molar-refractivity contribution in [3.05, 3.63) is 54.5 Å². The number of nitriles is 1. The Labute approximate surface area is 139 Å². The van der Waals surface area contributed by atoms with Crippen LogP contribution in [-0.2, 0) is 17.1 Å². The van der Waals surface area contributed by atoms with E-state index in [1.807, 2.05) is 0 Å². The highest BCUT2D eigenvalue weighted by atomic mass is 32.2. The summed E-state index contributed by atoms with van der Waals surface area (Å²) in [6, 6.07) is 11.8. The number of hydrogen-bond acceptors (Lipinski definition) is 5. The molecule has 0 radical (unpaired) electrons. The van der Waals surface area contributed by atoms with Gasteiger partial charge in [-0.2, -0.15) is 10.4 Å². The predicted molar refractivity (Wildman–Crippen MR) is 88.0 cm³/mol. The minimum absolute atomic E-state index is 0.0131. The number of benzene rings is 1. The van der Waals surface area contributed by atoms with Crippen molar-refractivity contribution in [3.8, 4) is 28.5 Å². The van der Waals surface area contributed by atoms with Crippen molar-refractivity contribution in [3.63, 3.8) is 0 Å². The molecule has 0 atom stereocenters. The number of primary sulfonamides is 1. The van der Waals surface area contributed by atoms with E-state index in [0.29, 0.717) is 22.5 Å². The van der Waals surface area contributed by atoms with E-state index >= 15 is 0 Å². The van der Waals surface area contributed by atoms with E-state index in [1.54, 1.807) is 43.7 Å². The standard InChI is InChI=1S/C16H13N5O2S/c1-21-14(10-17)15(16(20-21)12-6-8-19-9-7-12)11-2-4-13(5-3-11)24(18,22)23/h2-9H,1H3,(H2,18,22,23). The van der Waals surface area contributed by atoms with E-state index in [9.17, 15) is 13.7 Å². The molecule has 24 heavy (non-hydrogen) atoms. The molecule has 0 aliphatic rings. The first-order chi connectivity index (χ1) is 11.4. The molecule has 0 spiro atoms. The molecule has 3 rings (SSSR count). The first-order valence-electron chi connectivity index (χ1n) is 6.92. The molecule has 3 aromatic rings. The summed E-state index contributed by atoms with van der Waals surface area (Å²) in [6.07, 6.45) is 3.29. The second-order valence-electron chi connectivity index (χ2n) is 5.11. The van der Waals surface area contributed by atoms with Crippen LogP contribution in [0.4, 0.5) is 0 Å². The van der Waals surface area contributed by atoms with Crippen LogP contribution in [0.3, 0.4) is 0 Å². The molecule has 0 unspecified atom stereocenters. The molecule has 0 fully saturated rings. The molecule has 7 nitrogen and oxygen atoms in total. The van der Waals surface area contributed by atoms with Crippen molar-refractivity contribution < 1.29 is 8.42 Å². The second-order valence-corrected chi connectivity index (χ2v) is 6.67. The number of aromatic nitrogens is 3. The minimum Gasteiger partial charge on any atom is -0.265 e. The van der Waals surface area contributed by atoms with Crippen molar-refractivity contribution >= 4 is 10.0 Å². The average Bonchev–Trinajstić information content (AvgIpc) is 2.91. The highest BCUT2D eigenvalue weighted by Gasteiger charge is 2.19. The highest BCUT2D eigenvalue weighted by molar-refractivity contribution is 7.89. The van der Waals surface area contributed by atoms with Gasteiger partial charge in [0, 0.05) is 30.6 Å². The molecule has 0 saturated carbocycles. The van der Waals surface area contributed by atoms with Crippen LogP contribution >= 0.6 is 0 Å². The zero-order valence-corrected chi connectivity index (χ0v) is 13.5. The highest BCUT2D eigenvalue weighted by Crippen LogP contribution is 2.34. The quantitative estimate of drug-likeness (QED) is 0.779. The normalized spacial score (nSPS) is 11.2. The summed E-state index contributed by atoms with van der Waals surface area (Å²) in [6.45, 7) is 0. The van der Waals surface area contributed by atoms with Crippen LogP contribution in [0, 0.1) is 11.3 Å². The monoisotopic (exact) mass is 339 g/mol. The van der Waals surface area contributed by atoms with Gasteiger partial charge in [-0.25, -0.2) is 13.6 Å². The summed E-state index contributed by atoms with van der Waals surface area (Å²) in [5, 5.41) is 19.0. The number of hydrogen-bond donors (Lipinski definition) is 1. The van der Waals surface area contributed by atoms with E-state index in [1.165, 1.54) is 16.8 Å². The topological polar surface area (TPSA) is 115 Å². The van der Waals surface area contributed by atoms with E-state index in [-0.39, 0.29) is 4.90 Å². The maximum Gasteiger partial charge on any atom is 0.238 e. The zero-order valence-electron chi connectivity index (χ0n) is 12.7. The number of aryl methyl sites for hydroxylation is 1. The largest absolute Gasteiger partial charge is 0.265 e. The Hall–Kier alpha value is -3.02. The van der Waals surface area contributed by atoms with E-state index in [0.717, 1.165) is 5.56 Å². The second kappa shape index (κ2) is 5.88. The summed E-state index contributed by atoms with van der Waals surface area (Å²) in [7, 11) is -2.08. The van der Waals surface area contributed by atoms with Crippen molar-refractivity contribution in [1.82, 2.24) is 14.8 Å². The SMILES string of the molecule is Cn1nc(-c2ccncc2)c(-c2ccc(S(N)(=O)=O)cc2)c1C#N. The van der Waals surface area contributed by atoms with Crippen LogP contribution in [0.15, 0.2) is 53.7 Å². The lowest BCUT2D eigenvalue weighted by atomic mass is 10.00. The molecule has 0 aliphatic carbocycles. The van der Waals surface area contributed by atoms with Crippen LogP contribution < -0.4 is 5.14 Å². The van der Waals surface area contributed by atoms with Gasteiger partial charge in [-0.15, -0.1) is 0 Å². The predicted octanol–water partition coefficient (Wildman–Crippen LogP) is 1.67. The fourth-order valence-corrected chi connectivity index (χ4v) is 2.96. The van der Waals surface area contributed by atoms with Gasteiger partial charge in [0.15, 0.2) is 0 Å². The van der Waals surface area contributed by atoms with Crippen molar-refractivity contribution in [2.75, 3.05) is 0 Å². The summed E-state index contributed by atoms with van der Waals surface area (Å²) >= 11 is 0. The van der Waals surface area contributed by atoms with Crippen molar-refractivity contribution in [2.45, 2.75) is 4.90 Å². The van der Waals surface area contributed by atoms with Gasteiger partial charge in [0.1, 0.15) is 17.5 Å². The van der Waals surface area contributed by atoms with Gasteiger partial charge in [0.25, 0.3) is 0 Å². The fourth-order valence-electron chi connectivity index (χ4n) is 2.45. The first kappa shape index (κ1) is 15.9. The van der Waals surface area contributed by atoms with Crippen molar-refractivity contribution in [1.29, 1.82) is 5.26 Å². The third-order valence-electron chi connectivity index (χ3n) is 3.58. The van der Waals surface area contributed by atoms with Gasteiger partial charge in [0.05, 0.1) is 4.90 Å². The Bertz CT molecular complexity index is 1030. The number of rotatable bonds is 3. The summed E-state index contributed by atoms with van der Waals surface area (Å²) in [5.74, 6) is 0. The van der Waals surface area contributed by atoms with Gasteiger partial charge in [0.2, 0.25) is 10.0 Å². The summed E-state index contributed by atoms with van der Waals surface area (Å²) in [5.41, 5.74) is 3.13. The van der Waals surface area contributed by atoms with Gasteiger partial charge in [-0.05, 0) is 29.8 Å². The molecule has 1 aromatic carbocycles. The molecule has 0 amide bonds. The molecule has 8 heteroatoms. The summed E-state index contributed by atoms with van der Waals surface area (Å²) in [4.78, 5) is 3.99. The Kier molecular flexibility index (Phi) is 3.89. The fraction of sp³-hybridized carbons (Fsp3) is 0.0625. The summed E-state index contributed by atoms with van der Waals surface area (Å²) < 4.78 is 24.3. The Morgan fingerprint density at radius 1 is 1.08 bits per heavy atom. The maximum absolute atomic E-state index is 11.4. The minimum atomic E-state index is -3.77. The molecule has 0 bridgehead atoms. The van der Waals surface area contributed by atoms with E-state index < -0.39 is 10.0 Å². The van der Waals surface area contributed by atoms with Crippen LogP contribution in [0.25, 0.3) is 22.4 Å².